The molecule has 19 heavy (non-hydrogen) atoms. The second-order valence-corrected chi connectivity index (χ2v) is 4.76. The van der Waals surface area contributed by atoms with Crippen LogP contribution in [-0.2, 0) is 4.79 Å². The number of amides is 1. The highest BCUT2D eigenvalue weighted by atomic mass is 79.9. The van der Waals surface area contributed by atoms with Crippen LogP contribution in [0.4, 0.5) is 5.95 Å². The molecule has 0 aliphatic rings. The van der Waals surface area contributed by atoms with Crippen LogP contribution in [0.5, 0.6) is 5.75 Å². The molecule has 0 fully saturated rings. The molecular weight excluding hydrogens is 312 g/mol. The van der Waals surface area contributed by atoms with E-state index in [4.69, 9.17) is 4.74 Å². The standard InChI is InChI=1S/C12H13BrN4O2/c1-8-14-12(17-16-8)15-11(18)5-6-19-10-4-2-3-9(13)7-10/h2-4,7H,5-6H2,1H3,(H2,14,15,16,17,18). The predicted molar refractivity (Wildman–Crippen MR) is 74.0 cm³/mol. The van der Waals surface area contributed by atoms with Crippen molar-refractivity contribution < 1.29 is 9.53 Å². The molecule has 7 heteroatoms. The average Bonchev–Trinajstić information content (AvgIpc) is 2.75. The highest BCUT2D eigenvalue weighted by Crippen LogP contribution is 2.17. The van der Waals surface area contributed by atoms with E-state index in [2.05, 4.69) is 36.4 Å². The van der Waals surface area contributed by atoms with Crippen LogP contribution >= 0.6 is 15.9 Å². The lowest BCUT2D eigenvalue weighted by molar-refractivity contribution is -0.116. The van der Waals surface area contributed by atoms with Gasteiger partial charge < -0.3 is 4.74 Å². The summed E-state index contributed by atoms with van der Waals surface area (Å²) in [5.74, 6) is 1.47. The van der Waals surface area contributed by atoms with Gasteiger partial charge in [0.05, 0.1) is 13.0 Å². The van der Waals surface area contributed by atoms with Crippen molar-refractivity contribution in [2.45, 2.75) is 13.3 Å². The normalized spacial score (nSPS) is 10.2. The lowest BCUT2D eigenvalue weighted by Crippen LogP contribution is -2.16. The van der Waals surface area contributed by atoms with Crippen molar-refractivity contribution in [3.8, 4) is 5.75 Å². The van der Waals surface area contributed by atoms with Gasteiger partial charge in [0, 0.05) is 4.47 Å². The van der Waals surface area contributed by atoms with E-state index in [0.717, 1.165) is 10.2 Å². The number of benzene rings is 1. The van der Waals surface area contributed by atoms with Crippen molar-refractivity contribution in [3.05, 3.63) is 34.6 Å². The van der Waals surface area contributed by atoms with Gasteiger partial charge in [0.2, 0.25) is 11.9 Å². The van der Waals surface area contributed by atoms with Gasteiger partial charge in [-0.25, -0.2) is 0 Å². The van der Waals surface area contributed by atoms with E-state index in [1.54, 1.807) is 6.92 Å². The Labute approximate surface area is 118 Å². The Morgan fingerprint density at radius 1 is 1.53 bits per heavy atom. The van der Waals surface area contributed by atoms with Crippen LogP contribution in [0.1, 0.15) is 12.2 Å². The SMILES string of the molecule is Cc1nc(NC(=O)CCOc2cccc(Br)c2)n[nH]1. The van der Waals surface area contributed by atoms with E-state index in [1.165, 1.54) is 0 Å². The highest BCUT2D eigenvalue weighted by molar-refractivity contribution is 9.10. The average molecular weight is 325 g/mol. The molecule has 0 saturated heterocycles. The predicted octanol–water partition coefficient (Wildman–Crippen LogP) is 2.28. The second-order valence-electron chi connectivity index (χ2n) is 3.85. The third kappa shape index (κ3) is 4.36. The van der Waals surface area contributed by atoms with Crippen LogP contribution in [-0.4, -0.2) is 27.7 Å². The minimum absolute atomic E-state index is 0.186. The number of H-pyrrole nitrogens is 1. The molecule has 100 valence electrons. The maximum absolute atomic E-state index is 11.6. The molecule has 0 aliphatic carbocycles. The molecule has 0 radical (unpaired) electrons. The number of nitrogens with zero attached hydrogens (tertiary/aromatic N) is 2. The van der Waals surface area contributed by atoms with Crippen molar-refractivity contribution in [1.29, 1.82) is 0 Å². The first kappa shape index (κ1) is 13.5. The maximum atomic E-state index is 11.6. The Morgan fingerprint density at radius 3 is 3.05 bits per heavy atom. The Morgan fingerprint density at radius 2 is 2.37 bits per heavy atom. The number of ether oxygens (including phenoxy) is 1. The monoisotopic (exact) mass is 324 g/mol. The number of halogens is 1. The lowest BCUT2D eigenvalue weighted by atomic mass is 10.3. The molecular formula is C12H13BrN4O2. The lowest BCUT2D eigenvalue weighted by Gasteiger charge is -2.05. The zero-order valence-electron chi connectivity index (χ0n) is 10.3. The maximum Gasteiger partial charge on any atom is 0.248 e. The molecule has 2 N–H and O–H groups in total. The van der Waals surface area contributed by atoms with Crippen LogP contribution in [0.3, 0.4) is 0 Å². The molecule has 2 aromatic rings. The van der Waals surface area contributed by atoms with Gasteiger partial charge in [-0.05, 0) is 25.1 Å². The summed E-state index contributed by atoms with van der Waals surface area (Å²) in [6, 6.07) is 7.46. The molecule has 0 unspecified atom stereocenters. The number of carbonyl (C=O) groups is 1. The fourth-order valence-electron chi connectivity index (χ4n) is 1.40. The summed E-state index contributed by atoms with van der Waals surface area (Å²) in [6.07, 6.45) is 0.236. The first-order valence-electron chi connectivity index (χ1n) is 5.71. The largest absolute Gasteiger partial charge is 0.493 e. The summed E-state index contributed by atoms with van der Waals surface area (Å²) in [4.78, 5) is 15.6. The summed E-state index contributed by atoms with van der Waals surface area (Å²) < 4.78 is 6.40. The van der Waals surface area contributed by atoms with E-state index in [9.17, 15) is 4.79 Å². The first-order valence-corrected chi connectivity index (χ1v) is 6.50. The molecule has 0 saturated carbocycles. The number of anilines is 1. The molecule has 6 nitrogen and oxygen atoms in total. The van der Waals surface area contributed by atoms with Gasteiger partial charge >= 0.3 is 0 Å². The van der Waals surface area contributed by atoms with Crippen LogP contribution in [0.2, 0.25) is 0 Å². The van der Waals surface area contributed by atoms with E-state index in [-0.39, 0.29) is 18.3 Å². The quantitative estimate of drug-likeness (QED) is 0.884. The molecule has 1 aromatic carbocycles. The summed E-state index contributed by atoms with van der Waals surface area (Å²) >= 11 is 3.35. The van der Waals surface area contributed by atoms with Gasteiger partial charge in [-0.2, -0.15) is 4.98 Å². The Hall–Kier alpha value is -1.89. The van der Waals surface area contributed by atoms with Gasteiger partial charge in [0.15, 0.2) is 0 Å². The van der Waals surface area contributed by atoms with Crippen molar-refractivity contribution in [2.24, 2.45) is 0 Å². The molecule has 1 heterocycles. The molecule has 0 atom stereocenters. The van der Waals surface area contributed by atoms with E-state index < -0.39 is 0 Å². The molecule has 0 bridgehead atoms. The summed E-state index contributed by atoms with van der Waals surface area (Å²) in [5.41, 5.74) is 0. The number of rotatable bonds is 5. The van der Waals surface area contributed by atoms with Crippen molar-refractivity contribution in [2.75, 3.05) is 11.9 Å². The van der Waals surface area contributed by atoms with Crippen LogP contribution in [0.15, 0.2) is 28.7 Å². The molecule has 0 spiro atoms. The number of aromatic amines is 1. The fourth-order valence-corrected chi connectivity index (χ4v) is 1.78. The third-order valence-electron chi connectivity index (χ3n) is 2.24. The summed E-state index contributed by atoms with van der Waals surface area (Å²) in [6.45, 7) is 2.06. The van der Waals surface area contributed by atoms with E-state index in [1.807, 2.05) is 24.3 Å². The Balaban J connectivity index is 1.75. The topological polar surface area (TPSA) is 79.9 Å². The van der Waals surface area contributed by atoms with Crippen LogP contribution in [0, 0.1) is 6.92 Å². The van der Waals surface area contributed by atoms with E-state index >= 15 is 0 Å². The summed E-state index contributed by atoms with van der Waals surface area (Å²) in [5, 5.41) is 9.05. The van der Waals surface area contributed by atoms with Crippen LogP contribution in [0.25, 0.3) is 0 Å². The molecule has 1 aromatic heterocycles. The number of nitrogens with one attached hydrogen (secondary N) is 2. The Bertz CT molecular complexity index is 570. The van der Waals surface area contributed by atoms with Gasteiger partial charge in [0.1, 0.15) is 11.6 Å². The third-order valence-corrected chi connectivity index (χ3v) is 2.74. The minimum atomic E-state index is -0.186. The van der Waals surface area contributed by atoms with Crippen molar-refractivity contribution in [1.82, 2.24) is 15.2 Å². The number of aryl methyl sites for hydroxylation is 1. The smallest absolute Gasteiger partial charge is 0.248 e. The zero-order chi connectivity index (χ0) is 13.7. The highest BCUT2D eigenvalue weighted by Gasteiger charge is 2.06. The summed E-state index contributed by atoms with van der Waals surface area (Å²) in [7, 11) is 0. The van der Waals surface area contributed by atoms with E-state index in [0.29, 0.717) is 12.4 Å². The first-order chi connectivity index (χ1) is 9.13. The van der Waals surface area contributed by atoms with Gasteiger partial charge in [-0.3, -0.25) is 15.2 Å². The number of aromatic nitrogens is 3. The number of carbonyl (C=O) groups excluding carboxylic acids is 1. The molecule has 2 rings (SSSR count). The molecule has 0 aliphatic heterocycles. The van der Waals surface area contributed by atoms with Gasteiger partial charge in [0.25, 0.3) is 0 Å². The van der Waals surface area contributed by atoms with Gasteiger partial charge in [-0.1, -0.05) is 22.0 Å². The van der Waals surface area contributed by atoms with Crippen LogP contribution < -0.4 is 10.1 Å². The zero-order valence-corrected chi connectivity index (χ0v) is 11.9. The molecule has 1 amide bonds. The number of hydrogen-bond acceptors (Lipinski definition) is 4. The van der Waals surface area contributed by atoms with Crippen molar-refractivity contribution in [3.63, 3.8) is 0 Å². The van der Waals surface area contributed by atoms with Gasteiger partial charge in [-0.15, -0.1) is 5.10 Å². The van der Waals surface area contributed by atoms with Crippen molar-refractivity contribution >= 4 is 27.8 Å². The fraction of sp³-hybridized carbons (Fsp3) is 0.250. The second kappa shape index (κ2) is 6.33. The Kier molecular flexibility index (Phi) is 4.51. The minimum Gasteiger partial charge on any atom is -0.493 e. The number of hydrogen-bond donors (Lipinski definition) is 2.